The first-order valence-corrected chi connectivity index (χ1v) is 7.74. The van der Waals surface area contributed by atoms with Crippen LogP contribution in [0, 0.1) is 0 Å². The van der Waals surface area contributed by atoms with Crippen LogP contribution in [0.4, 0.5) is 0 Å². The molecule has 1 heterocycles. The molecule has 0 bridgehead atoms. The largest absolute Gasteiger partial charge is 0.352 e. The van der Waals surface area contributed by atoms with Gasteiger partial charge in [-0.3, -0.25) is 0 Å². The zero-order valence-electron chi connectivity index (χ0n) is 12.5. The molecule has 112 valence electrons. The van der Waals surface area contributed by atoms with Gasteiger partial charge in [0.05, 0.1) is 13.2 Å². The van der Waals surface area contributed by atoms with E-state index in [9.17, 15) is 0 Å². The predicted molar refractivity (Wildman–Crippen MR) is 85.3 cm³/mol. The average Bonchev–Trinajstić information content (AvgIpc) is 2.55. The second-order valence-corrected chi connectivity index (χ2v) is 5.77. The van der Waals surface area contributed by atoms with Gasteiger partial charge in [-0.2, -0.15) is 0 Å². The van der Waals surface area contributed by atoms with E-state index in [1.54, 1.807) is 0 Å². The molecular weight excluding hydrogens is 262 g/mol. The lowest BCUT2D eigenvalue weighted by Gasteiger charge is -2.31. The average molecular weight is 285 g/mol. The maximum Gasteiger partial charge on any atom is 0.159 e. The topological polar surface area (TPSA) is 44.5 Å². The minimum atomic E-state index is -0.147. The first-order valence-electron chi connectivity index (χ1n) is 7.74. The van der Waals surface area contributed by atoms with Gasteiger partial charge in [-0.25, -0.2) is 0 Å². The van der Waals surface area contributed by atoms with Crippen LogP contribution >= 0.6 is 0 Å². The summed E-state index contributed by atoms with van der Waals surface area (Å²) in [5, 5.41) is 2.56. The van der Waals surface area contributed by atoms with E-state index < -0.39 is 0 Å². The third-order valence-corrected chi connectivity index (χ3v) is 4.25. The summed E-state index contributed by atoms with van der Waals surface area (Å²) >= 11 is 0. The molecule has 3 nitrogen and oxygen atoms in total. The van der Waals surface area contributed by atoms with Crippen LogP contribution in [-0.2, 0) is 9.47 Å². The Hall–Kier alpha value is -1.42. The van der Waals surface area contributed by atoms with E-state index in [1.807, 2.05) is 0 Å². The Morgan fingerprint density at radius 1 is 1.10 bits per heavy atom. The summed E-state index contributed by atoms with van der Waals surface area (Å²) < 4.78 is 11.7. The number of rotatable bonds is 4. The molecule has 0 radical (unpaired) electrons. The highest BCUT2D eigenvalue weighted by Gasteiger charge is 2.25. The molecule has 1 unspecified atom stereocenters. The molecule has 3 rings (SSSR count). The molecule has 1 aliphatic heterocycles. The van der Waals surface area contributed by atoms with Crippen molar-refractivity contribution in [1.82, 2.24) is 0 Å². The smallest absolute Gasteiger partial charge is 0.159 e. The Morgan fingerprint density at radius 3 is 2.57 bits per heavy atom. The number of ether oxygens (including phenoxy) is 2. The van der Waals surface area contributed by atoms with Gasteiger partial charge in [-0.05, 0) is 22.8 Å². The van der Waals surface area contributed by atoms with E-state index in [2.05, 4.69) is 49.4 Å². The zero-order chi connectivity index (χ0) is 14.7. The third-order valence-electron chi connectivity index (χ3n) is 4.25. The molecule has 0 amide bonds. The van der Waals surface area contributed by atoms with Crippen molar-refractivity contribution in [1.29, 1.82) is 0 Å². The highest BCUT2D eigenvalue weighted by atomic mass is 16.7. The lowest BCUT2D eigenvalue weighted by Crippen LogP contribution is -2.35. The summed E-state index contributed by atoms with van der Waals surface area (Å²) in [4.78, 5) is 0. The van der Waals surface area contributed by atoms with E-state index >= 15 is 0 Å². The summed E-state index contributed by atoms with van der Waals surface area (Å²) in [7, 11) is 0. The molecule has 21 heavy (non-hydrogen) atoms. The number of nitrogens with two attached hydrogens (primary N) is 1. The maximum absolute atomic E-state index is 5.96. The quantitative estimate of drug-likeness (QED) is 0.936. The summed E-state index contributed by atoms with van der Waals surface area (Å²) in [6.45, 7) is 3.50. The molecule has 0 aromatic heterocycles. The molecule has 3 heteroatoms. The molecule has 2 aromatic rings. The molecule has 1 atom stereocenters. The van der Waals surface area contributed by atoms with Crippen LogP contribution in [0.25, 0.3) is 10.8 Å². The lowest BCUT2D eigenvalue weighted by atomic mass is 9.94. The highest BCUT2D eigenvalue weighted by Crippen LogP contribution is 2.29. The number of hydrogen-bond donors (Lipinski definition) is 1. The van der Waals surface area contributed by atoms with Gasteiger partial charge in [0.2, 0.25) is 0 Å². The Bertz CT molecular complexity index is 585. The SMILES string of the molecule is CCC(N)CC1OCC(c2cccc3ccccc23)CO1. The Morgan fingerprint density at radius 2 is 1.81 bits per heavy atom. The van der Waals surface area contributed by atoms with Crippen molar-refractivity contribution < 1.29 is 9.47 Å². The molecule has 0 aliphatic carbocycles. The van der Waals surface area contributed by atoms with Crippen LogP contribution in [-0.4, -0.2) is 25.5 Å². The fraction of sp³-hybridized carbons (Fsp3) is 0.444. The van der Waals surface area contributed by atoms with Gasteiger partial charge in [0.25, 0.3) is 0 Å². The molecule has 0 spiro atoms. The Balaban J connectivity index is 1.71. The Labute approximate surface area is 126 Å². The third kappa shape index (κ3) is 3.26. The van der Waals surface area contributed by atoms with E-state index in [-0.39, 0.29) is 12.3 Å². The van der Waals surface area contributed by atoms with Crippen LogP contribution in [0.3, 0.4) is 0 Å². The zero-order valence-corrected chi connectivity index (χ0v) is 12.5. The van der Waals surface area contributed by atoms with Gasteiger partial charge in [0.1, 0.15) is 0 Å². The van der Waals surface area contributed by atoms with E-state index in [0.717, 1.165) is 12.8 Å². The monoisotopic (exact) mass is 285 g/mol. The van der Waals surface area contributed by atoms with Crippen molar-refractivity contribution in [3.8, 4) is 0 Å². The second kappa shape index (κ2) is 6.56. The number of hydrogen-bond acceptors (Lipinski definition) is 3. The van der Waals surface area contributed by atoms with Crippen LogP contribution in [0.15, 0.2) is 42.5 Å². The van der Waals surface area contributed by atoms with Crippen LogP contribution in [0.1, 0.15) is 31.2 Å². The fourth-order valence-corrected chi connectivity index (χ4v) is 2.88. The molecule has 1 fully saturated rings. The van der Waals surface area contributed by atoms with Gasteiger partial charge >= 0.3 is 0 Å². The minimum absolute atomic E-state index is 0.147. The molecule has 2 aromatic carbocycles. The summed E-state index contributed by atoms with van der Waals surface area (Å²) in [6, 6.07) is 15.1. The van der Waals surface area contributed by atoms with E-state index in [4.69, 9.17) is 15.2 Å². The van der Waals surface area contributed by atoms with Crippen LogP contribution in [0.5, 0.6) is 0 Å². The summed E-state index contributed by atoms with van der Waals surface area (Å²) in [5.41, 5.74) is 7.28. The van der Waals surface area contributed by atoms with Gasteiger partial charge in [0.15, 0.2) is 6.29 Å². The van der Waals surface area contributed by atoms with Crippen molar-refractivity contribution in [2.75, 3.05) is 13.2 Å². The number of benzene rings is 2. The molecule has 0 saturated carbocycles. The van der Waals surface area contributed by atoms with Gasteiger partial charge in [-0.15, -0.1) is 0 Å². The van der Waals surface area contributed by atoms with E-state index in [0.29, 0.717) is 19.1 Å². The first kappa shape index (κ1) is 14.5. The predicted octanol–water partition coefficient (Wildman–Crippen LogP) is 3.42. The van der Waals surface area contributed by atoms with Crippen molar-refractivity contribution in [3.63, 3.8) is 0 Å². The second-order valence-electron chi connectivity index (χ2n) is 5.77. The van der Waals surface area contributed by atoms with Gasteiger partial charge in [-0.1, -0.05) is 49.4 Å². The van der Waals surface area contributed by atoms with Gasteiger partial charge < -0.3 is 15.2 Å². The van der Waals surface area contributed by atoms with Crippen molar-refractivity contribution in [3.05, 3.63) is 48.0 Å². The lowest BCUT2D eigenvalue weighted by molar-refractivity contribution is -0.191. The fourth-order valence-electron chi connectivity index (χ4n) is 2.88. The maximum atomic E-state index is 5.96. The highest BCUT2D eigenvalue weighted by molar-refractivity contribution is 5.86. The molecule has 1 saturated heterocycles. The van der Waals surface area contributed by atoms with Gasteiger partial charge in [0, 0.05) is 18.4 Å². The van der Waals surface area contributed by atoms with Crippen molar-refractivity contribution >= 4 is 10.8 Å². The number of fused-ring (bicyclic) bond motifs is 1. The molecule has 1 aliphatic rings. The first-order chi connectivity index (χ1) is 10.3. The van der Waals surface area contributed by atoms with Crippen molar-refractivity contribution in [2.24, 2.45) is 5.73 Å². The summed E-state index contributed by atoms with van der Waals surface area (Å²) in [6.07, 6.45) is 1.58. The normalized spacial score (nSPS) is 24.1. The summed E-state index contributed by atoms with van der Waals surface area (Å²) in [5.74, 6) is 0.296. The van der Waals surface area contributed by atoms with Crippen molar-refractivity contribution in [2.45, 2.75) is 38.0 Å². The molecule has 2 N–H and O–H groups in total. The Kier molecular flexibility index (Phi) is 4.54. The van der Waals surface area contributed by atoms with E-state index in [1.165, 1.54) is 16.3 Å². The molecular formula is C18H23NO2. The minimum Gasteiger partial charge on any atom is -0.352 e. The van der Waals surface area contributed by atoms with Crippen LogP contribution < -0.4 is 5.73 Å². The standard InChI is InChI=1S/C18H23NO2/c1-2-15(19)10-18-20-11-14(12-21-18)17-9-5-7-13-6-3-4-8-16(13)17/h3-9,14-15,18H,2,10-12,19H2,1H3. The van der Waals surface area contributed by atoms with Crippen LogP contribution in [0.2, 0.25) is 0 Å².